The van der Waals surface area contributed by atoms with Gasteiger partial charge in [0.15, 0.2) is 0 Å². The van der Waals surface area contributed by atoms with E-state index in [1.165, 1.54) is 11.1 Å². The minimum atomic E-state index is 0.439. The first-order valence-corrected chi connectivity index (χ1v) is 11.6. The van der Waals surface area contributed by atoms with Crippen LogP contribution in [0.2, 0.25) is 0 Å². The van der Waals surface area contributed by atoms with Gasteiger partial charge in [-0.05, 0) is 31.4 Å². The Balaban J connectivity index is 1.20. The lowest BCUT2D eigenvalue weighted by atomic mass is 9.96. The standard InChI is InChI=1S/C26H27N7/c1-17-24(18-6-4-3-5-7-18)31-25(30-17)19-8-10-33(11-9-19)26-22-12-20(13-23(22)27-16-28-26)21-14-29-32(2)15-21/h3-7,12,14-16,19H,8-11,13H2,1-2H3,(H,30,31). The number of allylic oxidation sites excluding steroid dienone is 1. The van der Waals surface area contributed by atoms with Gasteiger partial charge in [0.25, 0.3) is 0 Å². The Hall–Kier alpha value is -3.74. The SMILES string of the molecule is Cc1[nH]c(C2CCN(c3ncnc4c3C=C(c3cnn(C)c3)C4)CC2)nc1-c1ccccc1. The Morgan fingerprint density at radius 3 is 2.61 bits per heavy atom. The van der Waals surface area contributed by atoms with Gasteiger partial charge in [0.1, 0.15) is 18.0 Å². The number of piperidine rings is 1. The number of rotatable bonds is 4. The molecule has 0 bridgehead atoms. The molecule has 1 fully saturated rings. The van der Waals surface area contributed by atoms with Crippen molar-refractivity contribution >= 4 is 17.5 Å². The Kier molecular flexibility index (Phi) is 4.82. The van der Waals surface area contributed by atoms with E-state index in [2.05, 4.69) is 68.4 Å². The molecule has 6 rings (SSSR count). The molecule has 2 aliphatic rings. The molecule has 1 aromatic carbocycles. The molecule has 166 valence electrons. The van der Waals surface area contributed by atoms with E-state index in [9.17, 15) is 0 Å². The van der Waals surface area contributed by atoms with E-state index in [-0.39, 0.29) is 0 Å². The van der Waals surface area contributed by atoms with Crippen LogP contribution < -0.4 is 4.90 Å². The predicted molar refractivity (Wildman–Crippen MR) is 130 cm³/mol. The summed E-state index contributed by atoms with van der Waals surface area (Å²) >= 11 is 0. The maximum absolute atomic E-state index is 4.99. The van der Waals surface area contributed by atoms with Gasteiger partial charge in [-0.3, -0.25) is 4.68 Å². The quantitative estimate of drug-likeness (QED) is 0.513. The maximum Gasteiger partial charge on any atom is 0.139 e. The average Bonchev–Trinajstić information content (AvgIpc) is 3.57. The third kappa shape index (κ3) is 3.63. The van der Waals surface area contributed by atoms with Crippen LogP contribution in [0.4, 0.5) is 5.82 Å². The van der Waals surface area contributed by atoms with Crippen LogP contribution in [0.1, 0.15) is 47.1 Å². The fourth-order valence-electron chi connectivity index (χ4n) is 5.06. The molecule has 0 radical (unpaired) electrons. The van der Waals surface area contributed by atoms with Crippen molar-refractivity contribution in [3.8, 4) is 11.3 Å². The van der Waals surface area contributed by atoms with Gasteiger partial charge in [-0.25, -0.2) is 15.0 Å². The number of benzene rings is 1. The minimum absolute atomic E-state index is 0.439. The molecular weight excluding hydrogens is 410 g/mol. The lowest BCUT2D eigenvalue weighted by Gasteiger charge is -2.32. The van der Waals surface area contributed by atoms with Gasteiger partial charge in [0.2, 0.25) is 0 Å². The zero-order chi connectivity index (χ0) is 22.4. The lowest BCUT2D eigenvalue weighted by Crippen LogP contribution is -2.34. The molecule has 0 spiro atoms. The molecule has 1 N–H and O–H groups in total. The fourth-order valence-corrected chi connectivity index (χ4v) is 5.06. The van der Waals surface area contributed by atoms with E-state index in [1.54, 1.807) is 6.33 Å². The summed E-state index contributed by atoms with van der Waals surface area (Å²) in [5, 5.41) is 4.32. The predicted octanol–water partition coefficient (Wildman–Crippen LogP) is 4.39. The van der Waals surface area contributed by atoms with E-state index in [4.69, 9.17) is 4.98 Å². The molecule has 1 saturated heterocycles. The Bertz CT molecular complexity index is 1320. The molecule has 4 heterocycles. The number of nitrogens with zero attached hydrogens (tertiary/aromatic N) is 6. The van der Waals surface area contributed by atoms with Crippen molar-refractivity contribution in [2.75, 3.05) is 18.0 Å². The molecule has 1 aliphatic heterocycles. The Morgan fingerprint density at radius 2 is 1.85 bits per heavy atom. The molecule has 0 unspecified atom stereocenters. The Morgan fingerprint density at radius 1 is 1.03 bits per heavy atom. The van der Waals surface area contributed by atoms with E-state index in [1.807, 2.05) is 24.0 Å². The van der Waals surface area contributed by atoms with E-state index < -0.39 is 0 Å². The largest absolute Gasteiger partial charge is 0.356 e. The molecule has 4 aromatic rings. The zero-order valence-corrected chi connectivity index (χ0v) is 19.0. The number of nitrogens with one attached hydrogen (secondary N) is 1. The van der Waals surface area contributed by atoms with Gasteiger partial charge in [-0.1, -0.05) is 30.3 Å². The first kappa shape index (κ1) is 19.9. The van der Waals surface area contributed by atoms with Gasteiger partial charge >= 0.3 is 0 Å². The average molecular weight is 438 g/mol. The number of aromatic nitrogens is 6. The summed E-state index contributed by atoms with van der Waals surface area (Å²) in [6.07, 6.45) is 10.9. The van der Waals surface area contributed by atoms with E-state index in [0.29, 0.717) is 5.92 Å². The first-order valence-electron chi connectivity index (χ1n) is 11.6. The lowest BCUT2D eigenvalue weighted by molar-refractivity contribution is 0.486. The van der Waals surface area contributed by atoms with Crippen LogP contribution in [0.5, 0.6) is 0 Å². The number of imidazole rings is 1. The molecule has 33 heavy (non-hydrogen) atoms. The molecule has 0 saturated carbocycles. The molecule has 0 amide bonds. The number of hydrogen-bond donors (Lipinski definition) is 1. The molecule has 7 heteroatoms. The smallest absolute Gasteiger partial charge is 0.139 e. The molecule has 3 aromatic heterocycles. The number of aromatic amines is 1. The van der Waals surface area contributed by atoms with Crippen LogP contribution in [-0.2, 0) is 13.5 Å². The number of aryl methyl sites for hydroxylation is 2. The second kappa shape index (κ2) is 7.99. The number of hydrogen-bond acceptors (Lipinski definition) is 5. The Labute approximate surface area is 193 Å². The third-order valence-electron chi connectivity index (χ3n) is 6.83. The summed E-state index contributed by atoms with van der Waals surface area (Å²) in [6.45, 7) is 4.04. The van der Waals surface area contributed by atoms with E-state index >= 15 is 0 Å². The van der Waals surface area contributed by atoms with Crippen LogP contribution in [0, 0.1) is 6.92 Å². The van der Waals surface area contributed by atoms with Crippen LogP contribution in [0.15, 0.2) is 49.1 Å². The summed E-state index contributed by atoms with van der Waals surface area (Å²) in [5.41, 5.74) is 8.06. The van der Waals surface area contributed by atoms with Crippen molar-refractivity contribution in [1.82, 2.24) is 29.7 Å². The highest BCUT2D eigenvalue weighted by molar-refractivity contribution is 5.90. The number of H-pyrrole nitrogens is 1. The third-order valence-corrected chi connectivity index (χ3v) is 6.83. The van der Waals surface area contributed by atoms with E-state index in [0.717, 1.165) is 72.2 Å². The van der Waals surface area contributed by atoms with Crippen molar-refractivity contribution < 1.29 is 0 Å². The first-order chi connectivity index (χ1) is 16.2. The highest BCUT2D eigenvalue weighted by Crippen LogP contribution is 2.37. The number of anilines is 1. The highest BCUT2D eigenvalue weighted by Gasteiger charge is 2.28. The molecular formula is C26H27N7. The van der Waals surface area contributed by atoms with Gasteiger partial charge in [0.05, 0.1) is 17.6 Å². The van der Waals surface area contributed by atoms with Gasteiger partial charge < -0.3 is 9.88 Å². The van der Waals surface area contributed by atoms with Crippen molar-refractivity contribution in [1.29, 1.82) is 0 Å². The summed E-state index contributed by atoms with van der Waals surface area (Å²) in [7, 11) is 1.95. The maximum atomic E-state index is 4.99. The van der Waals surface area contributed by atoms with Crippen LogP contribution >= 0.6 is 0 Å². The molecule has 0 atom stereocenters. The van der Waals surface area contributed by atoms with Crippen LogP contribution in [-0.4, -0.2) is 42.8 Å². The topological polar surface area (TPSA) is 75.5 Å². The second-order valence-electron chi connectivity index (χ2n) is 9.03. The van der Waals surface area contributed by atoms with Gasteiger partial charge in [-0.2, -0.15) is 5.10 Å². The van der Waals surface area contributed by atoms with Crippen molar-refractivity contribution in [3.63, 3.8) is 0 Å². The summed E-state index contributed by atoms with van der Waals surface area (Å²) in [5.74, 6) is 2.60. The molecule has 7 nitrogen and oxygen atoms in total. The normalized spacial score (nSPS) is 16.2. The zero-order valence-electron chi connectivity index (χ0n) is 19.0. The van der Waals surface area contributed by atoms with Crippen LogP contribution in [0.3, 0.4) is 0 Å². The number of fused-ring (bicyclic) bond motifs is 1. The summed E-state index contributed by atoms with van der Waals surface area (Å²) in [4.78, 5) is 20.2. The van der Waals surface area contributed by atoms with Crippen molar-refractivity contribution in [2.45, 2.75) is 32.1 Å². The minimum Gasteiger partial charge on any atom is -0.356 e. The summed E-state index contributed by atoms with van der Waals surface area (Å²) < 4.78 is 1.84. The van der Waals surface area contributed by atoms with Gasteiger partial charge in [0, 0.05) is 61.1 Å². The fraction of sp³-hybridized carbons (Fsp3) is 0.308. The van der Waals surface area contributed by atoms with Crippen molar-refractivity contribution in [2.24, 2.45) is 7.05 Å². The second-order valence-corrected chi connectivity index (χ2v) is 9.03. The van der Waals surface area contributed by atoms with Crippen LogP contribution in [0.25, 0.3) is 22.9 Å². The summed E-state index contributed by atoms with van der Waals surface area (Å²) in [6, 6.07) is 10.4. The van der Waals surface area contributed by atoms with Crippen molar-refractivity contribution in [3.05, 3.63) is 77.4 Å². The molecule has 1 aliphatic carbocycles. The highest BCUT2D eigenvalue weighted by atomic mass is 15.2. The van der Waals surface area contributed by atoms with Gasteiger partial charge in [-0.15, -0.1) is 0 Å². The monoisotopic (exact) mass is 437 g/mol.